The van der Waals surface area contributed by atoms with Crippen LogP contribution >= 0.6 is 11.8 Å². The lowest BCUT2D eigenvalue weighted by Crippen LogP contribution is -2.26. The Morgan fingerprint density at radius 1 is 1.39 bits per heavy atom. The maximum absolute atomic E-state index is 11.5. The molecular formula is C14H14N4O4S. The Morgan fingerprint density at radius 2 is 2.09 bits per heavy atom. The van der Waals surface area contributed by atoms with E-state index < -0.39 is 11.2 Å². The summed E-state index contributed by atoms with van der Waals surface area (Å²) < 4.78 is 0. The fourth-order valence-electron chi connectivity index (χ4n) is 1.75. The minimum absolute atomic E-state index is 0.150. The van der Waals surface area contributed by atoms with E-state index in [2.05, 4.69) is 20.8 Å². The van der Waals surface area contributed by atoms with Gasteiger partial charge >= 0.3 is 5.97 Å². The van der Waals surface area contributed by atoms with Gasteiger partial charge in [0.05, 0.1) is 12.6 Å². The first-order valence-electron chi connectivity index (χ1n) is 6.62. The van der Waals surface area contributed by atoms with Crippen molar-refractivity contribution >= 4 is 46.6 Å². The van der Waals surface area contributed by atoms with Gasteiger partial charge in [0, 0.05) is 12.6 Å². The van der Waals surface area contributed by atoms with Crippen molar-refractivity contribution in [3.8, 4) is 0 Å². The number of hydrogen-bond acceptors (Lipinski definition) is 6. The van der Waals surface area contributed by atoms with E-state index in [0.717, 1.165) is 17.3 Å². The smallest absolute Gasteiger partial charge is 0.305 e. The van der Waals surface area contributed by atoms with Crippen LogP contribution in [0.15, 0.2) is 34.5 Å². The summed E-state index contributed by atoms with van der Waals surface area (Å²) in [6, 6.07) is 6.96. The molecular weight excluding hydrogens is 320 g/mol. The average Bonchev–Trinajstić information content (AvgIpc) is 2.80. The fourth-order valence-corrected chi connectivity index (χ4v) is 2.66. The van der Waals surface area contributed by atoms with Crippen LogP contribution in [0.2, 0.25) is 0 Å². The van der Waals surface area contributed by atoms with E-state index in [1.807, 2.05) is 0 Å². The number of anilines is 1. The summed E-state index contributed by atoms with van der Waals surface area (Å²) in [5, 5.41) is 21.1. The van der Waals surface area contributed by atoms with Crippen LogP contribution < -0.4 is 10.6 Å². The predicted molar refractivity (Wildman–Crippen MR) is 87.5 cm³/mol. The van der Waals surface area contributed by atoms with Crippen LogP contribution in [-0.4, -0.2) is 39.5 Å². The third-order valence-electron chi connectivity index (χ3n) is 2.72. The van der Waals surface area contributed by atoms with Gasteiger partial charge in [0.1, 0.15) is 5.25 Å². The van der Waals surface area contributed by atoms with E-state index in [1.165, 1.54) is 13.1 Å². The lowest BCUT2D eigenvalue weighted by molar-refractivity contribution is -0.138. The summed E-state index contributed by atoms with van der Waals surface area (Å²) in [5.41, 5.74) is 1.44. The molecule has 0 unspecified atom stereocenters. The number of aliphatic carboxylic acids is 1. The first kappa shape index (κ1) is 16.7. The molecule has 8 nitrogen and oxygen atoms in total. The molecule has 9 heteroatoms. The number of benzene rings is 1. The Kier molecular flexibility index (Phi) is 5.47. The summed E-state index contributed by atoms with van der Waals surface area (Å²) in [5.74, 6) is -1.57. The first-order chi connectivity index (χ1) is 10.9. The standard InChI is InChI=1S/C14H14N4O4S/c1-8(19)16-10-4-2-9(3-5-10)7-15-18-14-17-13(22)11(23-14)6-12(20)21/h2-5,7,11H,6H2,1H3,(H,16,19)(H,20,21)(H,17,18,22)/b15-7-/t11-/m0/s1. The third-order valence-corrected chi connectivity index (χ3v) is 3.80. The highest BCUT2D eigenvalue weighted by Gasteiger charge is 2.32. The number of nitrogens with zero attached hydrogens (tertiary/aromatic N) is 2. The predicted octanol–water partition coefficient (Wildman–Crippen LogP) is 1.04. The summed E-state index contributed by atoms with van der Waals surface area (Å²) in [6.07, 6.45) is 1.23. The van der Waals surface area contributed by atoms with Crippen molar-refractivity contribution < 1.29 is 19.5 Å². The molecule has 0 spiro atoms. The van der Waals surface area contributed by atoms with Crippen LogP contribution in [0, 0.1) is 0 Å². The molecule has 1 fully saturated rings. The molecule has 2 rings (SSSR count). The third kappa shape index (κ3) is 5.22. The molecule has 1 atom stereocenters. The normalized spacial score (nSPS) is 19.1. The number of rotatable bonds is 5. The van der Waals surface area contributed by atoms with Crippen LogP contribution in [0.3, 0.4) is 0 Å². The number of carbonyl (C=O) groups is 3. The van der Waals surface area contributed by atoms with Crippen LogP contribution in [0.5, 0.6) is 0 Å². The molecule has 23 heavy (non-hydrogen) atoms. The van der Waals surface area contributed by atoms with E-state index in [9.17, 15) is 14.4 Å². The molecule has 1 heterocycles. The topological polar surface area (TPSA) is 120 Å². The van der Waals surface area contributed by atoms with Gasteiger partial charge in [-0.3, -0.25) is 14.4 Å². The van der Waals surface area contributed by atoms with Crippen molar-refractivity contribution in [1.82, 2.24) is 5.32 Å². The lowest BCUT2D eigenvalue weighted by Gasteiger charge is -2.01. The molecule has 2 amide bonds. The monoisotopic (exact) mass is 334 g/mol. The number of carbonyl (C=O) groups excluding carboxylic acids is 2. The number of carboxylic acid groups (broad SMARTS) is 1. The highest BCUT2D eigenvalue weighted by atomic mass is 32.2. The van der Waals surface area contributed by atoms with Crippen molar-refractivity contribution in [3.05, 3.63) is 29.8 Å². The highest BCUT2D eigenvalue weighted by Crippen LogP contribution is 2.22. The van der Waals surface area contributed by atoms with Crippen LogP contribution in [-0.2, 0) is 14.4 Å². The minimum atomic E-state index is -1.04. The van der Waals surface area contributed by atoms with Gasteiger partial charge in [0.15, 0.2) is 5.17 Å². The van der Waals surface area contributed by atoms with Gasteiger partial charge in [-0.2, -0.15) is 5.10 Å². The van der Waals surface area contributed by atoms with E-state index >= 15 is 0 Å². The van der Waals surface area contributed by atoms with E-state index in [0.29, 0.717) is 5.69 Å². The van der Waals surface area contributed by atoms with Gasteiger partial charge in [0.2, 0.25) is 11.8 Å². The van der Waals surface area contributed by atoms with E-state index in [1.54, 1.807) is 24.3 Å². The molecule has 0 saturated carbocycles. The first-order valence-corrected chi connectivity index (χ1v) is 7.50. The van der Waals surface area contributed by atoms with Crippen LogP contribution in [0.4, 0.5) is 5.69 Å². The van der Waals surface area contributed by atoms with Gasteiger partial charge in [-0.25, -0.2) is 0 Å². The molecule has 1 aromatic rings. The molecule has 120 valence electrons. The Labute approximate surface area is 136 Å². The molecule has 3 N–H and O–H groups in total. The Hall–Kier alpha value is -2.68. The second kappa shape index (κ2) is 7.54. The molecule has 1 saturated heterocycles. The Balaban J connectivity index is 1.94. The number of thioether (sulfide) groups is 1. The molecule has 1 aliphatic heterocycles. The zero-order chi connectivity index (χ0) is 16.8. The van der Waals surface area contributed by atoms with E-state index in [4.69, 9.17) is 5.11 Å². The van der Waals surface area contributed by atoms with Crippen molar-refractivity contribution in [2.24, 2.45) is 10.2 Å². The van der Waals surface area contributed by atoms with Crippen molar-refractivity contribution in [1.29, 1.82) is 0 Å². The maximum Gasteiger partial charge on any atom is 0.305 e. The van der Waals surface area contributed by atoms with Crippen molar-refractivity contribution in [3.63, 3.8) is 0 Å². The van der Waals surface area contributed by atoms with Crippen molar-refractivity contribution in [2.75, 3.05) is 5.32 Å². The molecule has 0 bridgehead atoms. The van der Waals surface area contributed by atoms with Gasteiger partial charge in [-0.15, -0.1) is 5.10 Å². The Morgan fingerprint density at radius 3 is 2.70 bits per heavy atom. The van der Waals surface area contributed by atoms with Crippen molar-refractivity contribution in [2.45, 2.75) is 18.6 Å². The minimum Gasteiger partial charge on any atom is -0.481 e. The number of amides is 2. The molecule has 0 radical (unpaired) electrons. The molecule has 1 aromatic carbocycles. The Bertz CT molecular complexity index is 685. The average molecular weight is 334 g/mol. The van der Waals surface area contributed by atoms with Gasteiger partial charge in [0.25, 0.3) is 0 Å². The van der Waals surface area contributed by atoms with Crippen LogP contribution in [0.25, 0.3) is 0 Å². The highest BCUT2D eigenvalue weighted by molar-refractivity contribution is 8.15. The van der Waals surface area contributed by atoms with Crippen LogP contribution in [0.1, 0.15) is 18.9 Å². The SMILES string of the molecule is CC(=O)Nc1ccc(/C=N\N=C2\NC(=O)[C@H](CC(=O)O)S2)cc1. The largest absolute Gasteiger partial charge is 0.481 e. The summed E-state index contributed by atoms with van der Waals surface area (Å²) in [4.78, 5) is 33.0. The zero-order valence-electron chi connectivity index (χ0n) is 12.1. The molecule has 0 aliphatic carbocycles. The summed E-state index contributed by atoms with van der Waals surface area (Å²) in [7, 11) is 0. The fraction of sp³-hybridized carbons (Fsp3) is 0.214. The zero-order valence-corrected chi connectivity index (χ0v) is 13.0. The second-order valence-electron chi connectivity index (χ2n) is 4.65. The number of amidine groups is 1. The van der Waals surface area contributed by atoms with Gasteiger partial charge < -0.3 is 15.7 Å². The number of nitrogens with one attached hydrogen (secondary N) is 2. The number of hydrogen-bond donors (Lipinski definition) is 3. The maximum atomic E-state index is 11.5. The van der Waals surface area contributed by atoms with Gasteiger partial charge in [-0.05, 0) is 17.7 Å². The second-order valence-corrected chi connectivity index (χ2v) is 5.84. The quantitative estimate of drug-likeness (QED) is 0.549. The van der Waals surface area contributed by atoms with E-state index in [-0.39, 0.29) is 23.4 Å². The summed E-state index contributed by atoms with van der Waals surface area (Å²) in [6.45, 7) is 1.43. The summed E-state index contributed by atoms with van der Waals surface area (Å²) >= 11 is 1.04. The lowest BCUT2D eigenvalue weighted by atomic mass is 10.2. The molecule has 0 aromatic heterocycles. The van der Waals surface area contributed by atoms with Gasteiger partial charge in [-0.1, -0.05) is 23.9 Å². The number of carboxylic acids is 1. The molecule has 1 aliphatic rings.